The highest BCUT2D eigenvalue weighted by atomic mass is 16.1. The molecular weight excluding hydrogens is 262 g/mol. The zero-order valence-electron chi connectivity index (χ0n) is 11.9. The molecule has 2 aromatic rings. The van der Waals surface area contributed by atoms with Crippen LogP contribution in [0.15, 0.2) is 53.5 Å². The normalized spacial score (nSPS) is 23.9. The fourth-order valence-electron chi connectivity index (χ4n) is 2.95. The zero-order chi connectivity index (χ0) is 14.9. The van der Waals surface area contributed by atoms with Gasteiger partial charge in [-0.05, 0) is 24.5 Å². The van der Waals surface area contributed by atoms with Crippen LogP contribution in [0.2, 0.25) is 0 Å². The fraction of sp³-hybridized carbons (Fsp3) is 0.294. The molecular formula is C17H17N3O. The van der Waals surface area contributed by atoms with Gasteiger partial charge in [0.15, 0.2) is 0 Å². The smallest absolute Gasteiger partial charge is 0.250 e. The molecule has 0 saturated heterocycles. The van der Waals surface area contributed by atoms with Crippen molar-refractivity contribution in [3.63, 3.8) is 0 Å². The number of aromatic nitrogens is 1. The second kappa shape index (κ2) is 5.10. The van der Waals surface area contributed by atoms with Crippen LogP contribution in [0.1, 0.15) is 18.4 Å². The van der Waals surface area contributed by atoms with Crippen LogP contribution in [-0.2, 0) is 12.5 Å². The Hall–Kier alpha value is -2.54. The Bertz CT molecular complexity index is 737. The summed E-state index contributed by atoms with van der Waals surface area (Å²) < 4.78 is 1.55. The van der Waals surface area contributed by atoms with Crippen LogP contribution in [-0.4, -0.2) is 10.6 Å². The highest BCUT2D eigenvalue weighted by Crippen LogP contribution is 2.44. The third-order valence-corrected chi connectivity index (χ3v) is 4.19. The molecule has 106 valence electrons. The van der Waals surface area contributed by atoms with E-state index < -0.39 is 0 Å². The number of rotatable bonds is 3. The molecule has 1 aromatic carbocycles. The molecule has 1 heterocycles. The van der Waals surface area contributed by atoms with Crippen molar-refractivity contribution in [3.05, 3.63) is 64.6 Å². The number of benzene rings is 1. The van der Waals surface area contributed by atoms with Crippen molar-refractivity contribution in [1.82, 2.24) is 4.57 Å². The Kier molecular flexibility index (Phi) is 3.26. The highest BCUT2D eigenvalue weighted by Gasteiger charge is 2.46. The third-order valence-electron chi connectivity index (χ3n) is 4.19. The minimum Gasteiger partial charge on any atom is -0.381 e. The number of nitrogens with one attached hydrogen (secondary N) is 1. The van der Waals surface area contributed by atoms with Crippen LogP contribution in [0, 0.1) is 11.3 Å². The number of hydrogen-bond donors (Lipinski definition) is 1. The van der Waals surface area contributed by atoms with Gasteiger partial charge in [-0.1, -0.05) is 30.3 Å². The maximum absolute atomic E-state index is 11.4. The molecule has 1 aliphatic rings. The molecule has 3 rings (SSSR count). The van der Waals surface area contributed by atoms with E-state index in [9.17, 15) is 10.1 Å². The SMILES string of the molecule is Cn1cc(NC2CC(C#N)(c3ccccc3)C2)ccc1=O. The molecule has 1 aromatic heterocycles. The van der Waals surface area contributed by atoms with Crippen LogP contribution in [0.4, 0.5) is 5.69 Å². The molecule has 0 radical (unpaired) electrons. The zero-order valence-corrected chi connectivity index (χ0v) is 11.9. The van der Waals surface area contributed by atoms with Gasteiger partial charge < -0.3 is 9.88 Å². The second-order valence-electron chi connectivity index (χ2n) is 5.68. The Morgan fingerprint density at radius 3 is 2.57 bits per heavy atom. The van der Waals surface area contributed by atoms with E-state index in [1.807, 2.05) is 30.3 Å². The van der Waals surface area contributed by atoms with Gasteiger partial charge in [-0.2, -0.15) is 5.26 Å². The van der Waals surface area contributed by atoms with Crippen molar-refractivity contribution >= 4 is 5.69 Å². The van der Waals surface area contributed by atoms with E-state index in [4.69, 9.17) is 0 Å². The molecule has 0 spiro atoms. The summed E-state index contributed by atoms with van der Waals surface area (Å²) in [7, 11) is 1.73. The van der Waals surface area contributed by atoms with Crippen molar-refractivity contribution in [2.75, 3.05) is 5.32 Å². The number of pyridine rings is 1. The maximum atomic E-state index is 11.4. The monoisotopic (exact) mass is 279 g/mol. The van der Waals surface area contributed by atoms with Gasteiger partial charge in [0.25, 0.3) is 0 Å². The van der Waals surface area contributed by atoms with Gasteiger partial charge in [0.05, 0.1) is 17.2 Å². The maximum Gasteiger partial charge on any atom is 0.250 e. The first-order valence-electron chi connectivity index (χ1n) is 7.03. The fourth-order valence-corrected chi connectivity index (χ4v) is 2.95. The van der Waals surface area contributed by atoms with E-state index in [-0.39, 0.29) is 17.0 Å². The molecule has 1 fully saturated rings. The number of nitrogens with zero attached hydrogens (tertiary/aromatic N) is 2. The van der Waals surface area contributed by atoms with E-state index in [1.165, 1.54) is 0 Å². The first kappa shape index (κ1) is 13.4. The third kappa shape index (κ3) is 2.43. The van der Waals surface area contributed by atoms with Gasteiger partial charge in [0.2, 0.25) is 5.56 Å². The van der Waals surface area contributed by atoms with Crippen LogP contribution >= 0.6 is 0 Å². The summed E-state index contributed by atoms with van der Waals surface area (Å²) in [6.45, 7) is 0. The number of aryl methyl sites for hydroxylation is 1. The van der Waals surface area contributed by atoms with Gasteiger partial charge in [0.1, 0.15) is 0 Å². The lowest BCUT2D eigenvalue weighted by molar-refractivity contribution is 0.289. The van der Waals surface area contributed by atoms with E-state index in [1.54, 1.807) is 29.9 Å². The molecule has 21 heavy (non-hydrogen) atoms. The van der Waals surface area contributed by atoms with Crippen LogP contribution in [0.25, 0.3) is 0 Å². The van der Waals surface area contributed by atoms with Crippen molar-refractivity contribution < 1.29 is 0 Å². The van der Waals surface area contributed by atoms with Gasteiger partial charge in [-0.15, -0.1) is 0 Å². The molecule has 0 unspecified atom stereocenters. The lowest BCUT2D eigenvalue weighted by Crippen LogP contribution is -2.47. The lowest BCUT2D eigenvalue weighted by atomic mass is 9.62. The van der Waals surface area contributed by atoms with Crippen LogP contribution < -0.4 is 10.9 Å². The van der Waals surface area contributed by atoms with Crippen molar-refractivity contribution in [2.45, 2.75) is 24.3 Å². The molecule has 1 saturated carbocycles. The average Bonchev–Trinajstić information content (AvgIpc) is 2.47. The van der Waals surface area contributed by atoms with Gasteiger partial charge in [-0.25, -0.2) is 0 Å². The summed E-state index contributed by atoms with van der Waals surface area (Å²) >= 11 is 0. The van der Waals surface area contributed by atoms with E-state index in [0.29, 0.717) is 0 Å². The van der Waals surface area contributed by atoms with Gasteiger partial charge in [0, 0.05) is 25.4 Å². The summed E-state index contributed by atoms with van der Waals surface area (Å²) in [6.07, 6.45) is 3.37. The molecule has 0 aliphatic heterocycles. The van der Waals surface area contributed by atoms with Gasteiger partial charge >= 0.3 is 0 Å². The Labute approximate surface area is 123 Å². The summed E-state index contributed by atoms with van der Waals surface area (Å²) in [5.41, 5.74) is 1.61. The lowest BCUT2D eigenvalue weighted by Gasteiger charge is -2.43. The van der Waals surface area contributed by atoms with E-state index >= 15 is 0 Å². The first-order valence-corrected chi connectivity index (χ1v) is 7.03. The minimum absolute atomic E-state index is 0.0233. The molecule has 0 amide bonds. The molecule has 1 aliphatic carbocycles. The topological polar surface area (TPSA) is 57.8 Å². The molecule has 4 nitrogen and oxygen atoms in total. The molecule has 1 N–H and O–H groups in total. The number of nitriles is 1. The Morgan fingerprint density at radius 2 is 1.95 bits per heavy atom. The van der Waals surface area contributed by atoms with Crippen molar-refractivity contribution in [3.8, 4) is 6.07 Å². The molecule has 4 heteroatoms. The standard InChI is InChI=1S/C17H17N3O/c1-20-11-14(7-8-16(20)21)19-15-9-17(10-15,12-18)13-5-3-2-4-6-13/h2-8,11,15,19H,9-10H2,1H3. The minimum atomic E-state index is -0.375. The van der Waals surface area contributed by atoms with E-state index in [0.717, 1.165) is 24.1 Å². The Morgan fingerprint density at radius 1 is 1.24 bits per heavy atom. The highest BCUT2D eigenvalue weighted by molar-refractivity contribution is 5.45. The summed E-state index contributed by atoms with van der Waals surface area (Å²) in [4.78, 5) is 11.4. The summed E-state index contributed by atoms with van der Waals surface area (Å²) in [6, 6.07) is 16.0. The quantitative estimate of drug-likeness (QED) is 0.938. The van der Waals surface area contributed by atoms with Crippen molar-refractivity contribution in [1.29, 1.82) is 5.26 Å². The van der Waals surface area contributed by atoms with Crippen LogP contribution in [0.3, 0.4) is 0 Å². The van der Waals surface area contributed by atoms with E-state index in [2.05, 4.69) is 11.4 Å². The summed E-state index contributed by atoms with van der Waals surface area (Å²) in [5.74, 6) is 0. The van der Waals surface area contributed by atoms with Crippen LogP contribution in [0.5, 0.6) is 0 Å². The number of hydrogen-bond acceptors (Lipinski definition) is 3. The van der Waals surface area contributed by atoms with Crippen molar-refractivity contribution in [2.24, 2.45) is 7.05 Å². The summed E-state index contributed by atoms with van der Waals surface area (Å²) in [5, 5.41) is 12.9. The largest absolute Gasteiger partial charge is 0.381 e. The second-order valence-corrected chi connectivity index (χ2v) is 5.68. The average molecular weight is 279 g/mol. The molecule has 0 bridgehead atoms. The van der Waals surface area contributed by atoms with Gasteiger partial charge in [-0.3, -0.25) is 4.79 Å². The predicted octanol–water partition coefficient (Wildman–Crippen LogP) is 2.42. The predicted molar refractivity (Wildman–Crippen MR) is 82.1 cm³/mol. The molecule has 0 atom stereocenters. The first-order chi connectivity index (χ1) is 10.1. The number of anilines is 1. The Balaban J connectivity index is 1.71.